The first-order chi connectivity index (χ1) is 17.2. The molecule has 35 heavy (non-hydrogen) atoms. The van der Waals surface area contributed by atoms with Crippen molar-refractivity contribution in [3.63, 3.8) is 0 Å². The predicted octanol–water partition coefficient (Wildman–Crippen LogP) is 3.83. The highest BCUT2D eigenvalue weighted by molar-refractivity contribution is 6.15. The molecule has 0 radical (unpaired) electrons. The zero-order valence-electron chi connectivity index (χ0n) is 18.7. The number of hydrogen-bond donors (Lipinski definition) is 1. The summed E-state index contributed by atoms with van der Waals surface area (Å²) in [6.07, 6.45) is 0. The summed E-state index contributed by atoms with van der Waals surface area (Å²) in [4.78, 5) is 25.7. The first-order valence-corrected chi connectivity index (χ1v) is 11.1. The Morgan fingerprint density at radius 2 is 1.46 bits per heavy atom. The Balaban J connectivity index is 1.23. The van der Waals surface area contributed by atoms with Crippen molar-refractivity contribution in [2.24, 2.45) is 0 Å². The number of nitrogens with one attached hydrogen (secondary N) is 1. The number of ketones is 1. The number of nitrogens with zero attached hydrogens (tertiary/aromatic N) is 4. The minimum Gasteiger partial charge on any atom is -0.475 e. The first kappa shape index (κ1) is 22.0. The summed E-state index contributed by atoms with van der Waals surface area (Å²) >= 11 is 0. The van der Waals surface area contributed by atoms with Crippen molar-refractivity contribution < 1.29 is 14.3 Å². The number of aromatic nitrogens is 4. The summed E-state index contributed by atoms with van der Waals surface area (Å²) in [5.74, 6) is 0.442. The molecule has 8 nitrogen and oxygen atoms in total. The maximum atomic E-state index is 12.9. The van der Waals surface area contributed by atoms with Crippen molar-refractivity contribution in [2.75, 3.05) is 13.2 Å². The highest BCUT2D eigenvalue weighted by Crippen LogP contribution is 2.19. The summed E-state index contributed by atoms with van der Waals surface area (Å²) in [6.45, 7) is 0.433. The lowest BCUT2D eigenvalue weighted by Gasteiger charge is -2.10. The Labute approximate surface area is 201 Å². The molecule has 3 aromatic carbocycles. The fraction of sp³-hybridized carbons (Fsp3) is 0.0741. The second-order valence-corrected chi connectivity index (χ2v) is 7.68. The van der Waals surface area contributed by atoms with Crippen molar-refractivity contribution in [2.45, 2.75) is 0 Å². The number of carbonyl (C=O) groups excluding carboxylic acids is 2. The third kappa shape index (κ3) is 4.77. The molecule has 2 heterocycles. The highest BCUT2D eigenvalue weighted by atomic mass is 16.5. The van der Waals surface area contributed by atoms with Crippen LogP contribution < -0.4 is 10.1 Å². The standard InChI is InChI=1S/C27H21N5O3/c33-25(19-9-3-1-4-10-19)21-13-7-8-14-22(21)27(34)28-17-18-35-24-16-15-23-29-30-26(32(23)31-24)20-11-5-2-6-12-20/h1-16H,17-18H2,(H,28,34). The van der Waals surface area contributed by atoms with Gasteiger partial charge in [-0.05, 0) is 12.1 Å². The SMILES string of the molecule is O=C(NCCOc1ccc2nnc(-c3ccccc3)n2n1)c1ccccc1C(=O)c1ccccc1. The lowest BCUT2D eigenvalue weighted by atomic mass is 9.98. The Morgan fingerprint density at radius 1 is 0.771 bits per heavy atom. The summed E-state index contributed by atoms with van der Waals surface area (Å²) in [6, 6.07) is 28.8. The molecule has 0 bridgehead atoms. The van der Waals surface area contributed by atoms with Crippen LogP contribution in [-0.4, -0.2) is 44.7 Å². The van der Waals surface area contributed by atoms with Gasteiger partial charge in [0.1, 0.15) is 6.61 Å². The van der Waals surface area contributed by atoms with Gasteiger partial charge in [0.15, 0.2) is 17.3 Å². The molecule has 0 unspecified atom stereocenters. The van der Waals surface area contributed by atoms with E-state index in [-0.39, 0.29) is 24.8 Å². The van der Waals surface area contributed by atoms with Crippen molar-refractivity contribution in [1.82, 2.24) is 25.1 Å². The molecule has 172 valence electrons. The number of rotatable bonds is 8. The van der Waals surface area contributed by atoms with Crippen LogP contribution in [-0.2, 0) is 0 Å². The number of benzene rings is 3. The number of amides is 1. The fourth-order valence-corrected chi connectivity index (χ4v) is 3.66. The molecule has 0 saturated heterocycles. The van der Waals surface area contributed by atoms with E-state index in [2.05, 4.69) is 20.6 Å². The molecule has 8 heteroatoms. The molecule has 1 N–H and O–H groups in total. The Morgan fingerprint density at radius 3 is 2.23 bits per heavy atom. The molecule has 0 fully saturated rings. The number of carbonyl (C=O) groups is 2. The summed E-state index contributed by atoms with van der Waals surface area (Å²) in [5.41, 5.74) is 2.69. The van der Waals surface area contributed by atoms with Gasteiger partial charge in [-0.3, -0.25) is 9.59 Å². The monoisotopic (exact) mass is 463 g/mol. The number of hydrogen-bond acceptors (Lipinski definition) is 6. The van der Waals surface area contributed by atoms with Crippen molar-refractivity contribution in [1.29, 1.82) is 0 Å². The lowest BCUT2D eigenvalue weighted by molar-refractivity contribution is 0.0936. The molecule has 5 rings (SSSR count). The van der Waals surface area contributed by atoms with E-state index >= 15 is 0 Å². The second kappa shape index (κ2) is 9.96. The van der Waals surface area contributed by atoms with E-state index in [0.717, 1.165) is 5.56 Å². The molecular weight excluding hydrogens is 442 g/mol. The summed E-state index contributed by atoms with van der Waals surface area (Å²) < 4.78 is 7.36. The quantitative estimate of drug-likeness (QED) is 0.277. The Hall–Kier alpha value is -4.85. The van der Waals surface area contributed by atoms with E-state index in [0.29, 0.717) is 34.0 Å². The van der Waals surface area contributed by atoms with Crippen molar-refractivity contribution in [3.05, 3.63) is 114 Å². The van der Waals surface area contributed by atoms with Crippen LogP contribution in [0.25, 0.3) is 17.0 Å². The molecule has 0 saturated carbocycles. The van der Waals surface area contributed by atoms with E-state index < -0.39 is 0 Å². The lowest BCUT2D eigenvalue weighted by Crippen LogP contribution is -2.29. The average molecular weight is 463 g/mol. The van der Waals surface area contributed by atoms with Crippen molar-refractivity contribution >= 4 is 17.3 Å². The van der Waals surface area contributed by atoms with Gasteiger partial charge in [-0.1, -0.05) is 78.9 Å². The van der Waals surface area contributed by atoms with Gasteiger partial charge in [-0.15, -0.1) is 15.3 Å². The van der Waals surface area contributed by atoms with Crippen LogP contribution in [0.4, 0.5) is 0 Å². The van der Waals surface area contributed by atoms with Crippen LogP contribution in [0.5, 0.6) is 5.88 Å². The smallest absolute Gasteiger partial charge is 0.252 e. The maximum absolute atomic E-state index is 12.9. The average Bonchev–Trinajstić information content (AvgIpc) is 3.35. The minimum absolute atomic E-state index is 0.196. The van der Waals surface area contributed by atoms with Crippen LogP contribution >= 0.6 is 0 Å². The Kier molecular flexibility index (Phi) is 6.25. The van der Waals surface area contributed by atoms with Crippen LogP contribution in [0, 0.1) is 0 Å². The van der Waals surface area contributed by atoms with Gasteiger partial charge in [0.25, 0.3) is 5.91 Å². The van der Waals surface area contributed by atoms with Crippen LogP contribution in [0.1, 0.15) is 26.3 Å². The topological polar surface area (TPSA) is 98.5 Å². The van der Waals surface area contributed by atoms with E-state index in [1.165, 1.54) is 0 Å². The fourth-order valence-electron chi connectivity index (χ4n) is 3.66. The summed E-state index contributed by atoms with van der Waals surface area (Å²) in [7, 11) is 0. The molecule has 2 aromatic heterocycles. The molecule has 0 aliphatic heterocycles. The van der Waals surface area contributed by atoms with E-state index in [1.54, 1.807) is 65.2 Å². The van der Waals surface area contributed by atoms with Crippen LogP contribution in [0.2, 0.25) is 0 Å². The molecule has 0 atom stereocenters. The van der Waals surface area contributed by atoms with Crippen molar-refractivity contribution in [3.8, 4) is 17.3 Å². The zero-order valence-corrected chi connectivity index (χ0v) is 18.7. The van der Waals surface area contributed by atoms with Crippen LogP contribution in [0.15, 0.2) is 97.1 Å². The van der Waals surface area contributed by atoms with Crippen LogP contribution in [0.3, 0.4) is 0 Å². The highest BCUT2D eigenvalue weighted by Gasteiger charge is 2.17. The predicted molar refractivity (Wildman–Crippen MR) is 130 cm³/mol. The summed E-state index contributed by atoms with van der Waals surface area (Å²) in [5, 5.41) is 15.6. The normalized spacial score (nSPS) is 10.7. The van der Waals surface area contributed by atoms with Gasteiger partial charge in [-0.25, -0.2) is 0 Å². The van der Waals surface area contributed by atoms with E-state index in [1.807, 2.05) is 36.4 Å². The zero-order chi connectivity index (χ0) is 24.0. The third-order valence-corrected chi connectivity index (χ3v) is 5.36. The molecule has 5 aromatic rings. The van der Waals surface area contributed by atoms with Gasteiger partial charge < -0.3 is 10.1 Å². The van der Waals surface area contributed by atoms with E-state index in [9.17, 15) is 9.59 Å². The molecule has 0 aliphatic rings. The largest absolute Gasteiger partial charge is 0.475 e. The second-order valence-electron chi connectivity index (χ2n) is 7.68. The minimum atomic E-state index is -0.345. The molecule has 1 amide bonds. The number of fused-ring (bicyclic) bond motifs is 1. The van der Waals surface area contributed by atoms with Gasteiger partial charge in [-0.2, -0.15) is 4.52 Å². The molecular formula is C27H21N5O3. The number of ether oxygens (including phenoxy) is 1. The maximum Gasteiger partial charge on any atom is 0.252 e. The third-order valence-electron chi connectivity index (χ3n) is 5.36. The van der Waals surface area contributed by atoms with Gasteiger partial charge >= 0.3 is 0 Å². The van der Waals surface area contributed by atoms with Gasteiger partial charge in [0.2, 0.25) is 5.88 Å². The molecule has 0 aliphatic carbocycles. The Bertz CT molecular complexity index is 1480. The van der Waals surface area contributed by atoms with Gasteiger partial charge in [0, 0.05) is 22.8 Å². The first-order valence-electron chi connectivity index (χ1n) is 11.1. The van der Waals surface area contributed by atoms with Gasteiger partial charge in [0.05, 0.1) is 12.1 Å². The molecule has 0 spiro atoms. The van der Waals surface area contributed by atoms with E-state index in [4.69, 9.17) is 4.74 Å².